The highest BCUT2D eigenvalue weighted by atomic mass is 16.6. The number of H-pyrrole nitrogens is 1. The second-order valence-corrected chi connectivity index (χ2v) is 14.7. The zero-order valence-corrected chi connectivity index (χ0v) is 29.0. The van der Waals surface area contributed by atoms with E-state index in [0.29, 0.717) is 62.7 Å². The maximum absolute atomic E-state index is 14.1. The van der Waals surface area contributed by atoms with Crippen molar-refractivity contribution in [2.75, 3.05) is 51.1 Å². The van der Waals surface area contributed by atoms with E-state index in [4.69, 9.17) is 9.15 Å². The van der Waals surface area contributed by atoms with Crippen molar-refractivity contribution in [1.82, 2.24) is 24.6 Å². The average molecular weight is 689 g/mol. The molecule has 4 aliphatic heterocycles. The summed E-state index contributed by atoms with van der Waals surface area (Å²) in [5, 5.41) is 13.4. The Morgan fingerprint density at radius 1 is 0.960 bits per heavy atom. The number of fused-ring (bicyclic) bond motifs is 2. The van der Waals surface area contributed by atoms with E-state index in [2.05, 4.69) is 15.2 Å². The first kappa shape index (κ1) is 34.1. The van der Waals surface area contributed by atoms with Gasteiger partial charge in [0.15, 0.2) is 11.7 Å². The fourth-order valence-corrected chi connectivity index (χ4v) is 8.13. The predicted octanol–water partition coefficient (Wildman–Crippen LogP) is 3.87. The molecule has 13 heteroatoms. The van der Waals surface area contributed by atoms with Gasteiger partial charge in [-0.15, -0.1) is 0 Å². The monoisotopic (exact) mass is 688 g/mol. The van der Waals surface area contributed by atoms with Gasteiger partial charge in [0.2, 0.25) is 0 Å². The molecule has 1 atom stereocenters. The minimum Gasteiger partial charge on any atom is -0.436 e. The quantitative estimate of drug-likeness (QED) is 0.353. The number of oxazole rings is 1. The van der Waals surface area contributed by atoms with Gasteiger partial charge in [-0.1, -0.05) is 24.3 Å². The van der Waals surface area contributed by atoms with Crippen molar-refractivity contribution < 1.29 is 28.6 Å². The lowest BCUT2D eigenvalue weighted by Gasteiger charge is -2.43. The minimum atomic E-state index is -1.06. The Hall–Kier alpha value is -4.36. The molecular formula is C37H48N6O7. The maximum Gasteiger partial charge on any atom is 0.417 e. The third-order valence-electron chi connectivity index (χ3n) is 11.2. The number of hydrogen-bond donors (Lipinski definition) is 3. The van der Waals surface area contributed by atoms with Crippen molar-refractivity contribution in [2.24, 2.45) is 0 Å². The van der Waals surface area contributed by atoms with Crippen molar-refractivity contribution in [3.05, 3.63) is 63.6 Å². The minimum absolute atomic E-state index is 0.0103. The molecule has 0 bridgehead atoms. The van der Waals surface area contributed by atoms with Gasteiger partial charge in [0, 0.05) is 70.0 Å². The molecule has 3 aromatic rings. The Kier molecular flexibility index (Phi) is 9.62. The van der Waals surface area contributed by atoms with Crippen molar-refractivity contribution in [3.8, 4) is 0 Å². The number of amides is 4. The molecule has 2 aromatic carbocycles. The number of likely N-dealkylation sites (tertiary alicyclic amines) is 3. The Bertz CT molecular complexity index is 1780. The molecule has 0 spiro atoms. The van der Waals surface area contributed by atoms with E-state index in [1.807, 2.05) is 49.1 Å². The SMILES string of the molecule is Cc1cc(C[C@@H](OC(=O)N2CCC(N3CCc4ccccc4NC3=O)CC2)C(=O)N2CCC(N3CCC(C)(O)CC3)CC2)cc2oc(=O)[nH]c12. The first-order valence-corrected chi connectivity index (χ1v) is 18.0. The fraction of sp³-hybridized carbons (Fsp3) is 0.568. The fourth-order valence-electron chi connectivity index (χ4n) is 8.13. The number of aromatic amines is 1. The number of nitrogens with one attached hydrogen (secondary N) is 2. The van der Waals surface area contributed by atoms with Crippen LogP contribution >= 0.6 is 0 Å². The Labute approximate surface area is 291 Å². The van der Waals surface area contributed by atoms with Crippen LogP contribution in [0.4, 0.5) is 15.3 Å². The van der Waals surface area contributed by atoms with E-state index in [0.717, 1.165) is 67.6 Å². The van der Waals surface area contributed by atoms with Crippen molar-refractivity contribution in [2.45, 2.75) is 89.0 Å². The van der Waals surface area contributed by atoms with Gasteiger partial charge in [0.05, 0.1) is 11.1 Å². The second kappa shape index (κ2) is 14.1. The summed E-state index contributed by atoms with van der Waals surface area (Å²) < 4.78 is 11.4. The van der Waals surface area contributed by atoms with Gasteiger partial charge in [-0.05, 0) is 87.6 Å². The molecule has 0 radical (unpaired) electrons. The zero-order chi connectivity index (χ0) is 35.0. The largest absolute Gasteiger partial charge is 0.436 e. The summed E-state index contributed by atoms with van der Waals surface area (Å²) in [6.07, 6.45) is 3.64. The van der Waals surface area contributed by atoms with E-state index in [1.165, 1.54) is 0 Å². The van der Waals surface area contributed by atoms with Crippen LogP contribution in [0.15, 0.2) is 45.6 Å². The molecule has 4 amide bonds. The Morgan fingerprint density at radius 2 is 1.64 bits per heavy atom. The van der Waals surface area contributed by atoms with Crippen molar-refractivity contribution in [1.29, 1.82) is 0 Å². The molecule has 268 valence electrons. The Balaban J connectivity index is 1.01. The molecule has 1 aromatic heterocycles. The lowest BCUT2D eigenvalue weighted by atomic mass is 9.91. The summed E-state index contributed by atoms with van der Waals surface area (Å²) in [6, 6.07) is 11.7. The number of para-hydroxylation sites is 1. The van der Waals surface area contributed by atoms with Crippen LogP contribution in [0.25, 0.3) is 11.1 Å². The van der Waals surface area contributed by atoms with Crippen LogP contribution in [0.3, 0.4) is 0 Å². The van der Waals surface area contributed by atoms with E-state index < -0.39 is 23.6 Å². The molecule has 0 aliphatic carbocycles. The van der Waals surface area contributed by atoms with Gasteiger partial charge < -0.3 is 39.2 Å². The lowest BCUT2D eigenvalue weighted by molar-refractivity contribution is -0.142. The number of benzene rings is 2. The van der Waals surface area contributed by atoms with Crippen LogP contribution in [-0.2, 0) is 22.4 Å². The van der Waals surface area contributed by atoms with E-state index in [9.17, 15) is 24.3 Å². The van der Waals surface area contributed by atoms with E-state index >= 15 is 0 Å². The van der Waals surface area contributed by atoms with Crippen molar-refractivity contribution >= 4 is 34.8 Å². The number of anilines is 1. The Morgan fingerprint density at radius 3 is 2.38 bits per heavy atom. The van der Waals surface area contributed by atoms with Crippen LogP contribution in [0.5, 0.6) is 0 Å². The van der Waals surface area contributed by atoms with Crippen molar-refractivity contribution in [3.63, 3.8) is 0 Å². The number of aliphatic hydroxyl groups is 1. The summed E-state index contributed by atoms with van der Waals surface area (Å²) in [5.41, 5.74) is 3.86. The molecule has 7 rings (SSSR count). The molecule has 0 unspecified atom stereocenters. The number of piperidine rings is 3. The molecule has 50 heavy (non-hydrogen) atoms. The number of aromatic nitrogens is 1. The van der Waals surface area contributed by atoms with Gasteiger partial charge in [-0.3, -0.25) is 9.78 Å². The van der Waals surface area contributed by atoms with E-state index in [-0.39, 0.29) is 24.4 Å². The van der Waals surface area contributed by atoms with Gasteiger partial charge in [-0.2, -0.15) is 0 Å². The van der Waals surface area contributed by atoms with Crippen LogP contribution in [0.2, 0.25) is 0 Å². The molecule has 5 heterocycles. The van der Waals surface area contributed by atoms with Crippen LogP contribution in [0.1, 0.15) is 62.1 Å². The first-order chi connectivity index (χ1) is 24.0. The third kappa shape index (κ3) is 7.39. The van der Waals surface area contributed by atoms with Crippen LogP contribution < -0.4 is 11.1 Å². The predicted molar refractivity (Wildman–Crippen MR) is 187 cm³/mol. The summed E-state index contributed by atoms with van der Waals surface area (Å²) in [7, 11) is 0. The number of carbonyl (C=O) groups is 3. The highest BCUT2D eigenvalue weighted by Crippen LogP contribution is 2.28. The molecule has 13 nitrogen and oxygen atoms in total. The van der Waals surface area contributed by atoms with Gasteiger partial charge in [0.25, 0.3) is 5.91 Å². The zero-order valence-electron chi connectivity index (χ0n) is 29.0. The highest BCUT2D eigenvalue weighted by Gasteiger charge is 2.37. The number of rotatable bonds is 6. The van der Waals surface area contributed by atoms with Crippen LogP contribution in [-0.4, -0.2) is 117 Å². The molecule has 3 saturated heterocycles. The van der Waals surface area contributed by atoms with E-state index in [1.54, 1.807) is 15.9 Å². The maximum atomic E-state index is 14.1. The molecule has 0 saturated carbocycles. The topological polar surface area (TPSA) is 152 Å². The smallest absolute Gasteiger partial charge is 0.417 e. The number of hydrogen-bond acceptors (Lipinski definition) is 8. The molecule has 3 N–H and O–H groups in total. The number of nitrogens with zero attached hydrogens (tertiary/aromatic N) is 4. The second-order valence-electron chi connectivity index (χ2n) is 14.7. The average Bonchev–Trinajstić information content (AvgIpc) is 3.40. The summed E-state index contributed by atoms with van der Waals surface area (Å²) in [4.78, 5) is 63.2. The summed E-state index contributed by atoms with van der Waals surface area (Å²) >= 11 is 0. The van der Waals surface area contributed by atoms with Crippen LogP contribution in [0, 0.1) is 6.92 Å². The summed E-state index contributed by atoms with van der Waals surface area (Å²) in [6.45, 7) is 7.98. The number of aryl methyl sites for hydroxylation is 1. The lowest BCUT2D eigenvalue weighted by Crippen LogP contribution is -2.54. The third-order valence-corrected chi connectivity index (χ3v) is 11.2. The van der Waals surface area contributed by atoms with Gasteiger partial charge in [0.1, 0.15) is 0 Å². The molecular weight excluding hydrogens is 640 g/mol. The van der Waals surface area contributed by atoms with Gasteiger partial charge >= 0.3 is 17.9 Å². The summed E-state index contributed by atoms with van der Waals surface area (Å²) in [5.74, 6) is -0.785. The molecule has 4 aliphatic rings. The highest BCUT2D eigenvalue weighted by molar-refractivity contribution is 5.91. The van der Waals surface area contributed by atoms with Gasteiger partial charge in [-0.25, -0.2) is 14.4 Å². The molecule has 3 fully saturated rings. The number of urea groups is 1. The standard InChI is InChI=1S/C37H48N6O7/c1-24-21-25(22-30-32(24)39-35(46)49-30)23-31(33(44)41-14-8-27(9-15-41)40-19-12-37(2,48)13-20-40)50-36(47)42-16-10-28(11-17-42)43-18-7-26-5-3-4-6-29(26)38-34(43)45/h3-6,21-22,27-28,31,48H,7-20,23H2,1-2H3,(H,38,45)(H,39,46)/t31-/m1/s1. The number of carbonyl (C=O) groups excluding carboxylic acids is 3. The number of ether oxygens (including phenoxy) is 1. The first-order valence-electron chi connectivity index (χ1n) is 18.0. The normalized spacial score (nSPS) is 21.4.